The monoisotopic (exact) mass is 269 g/mol. The molecule has 0 unspecified atom stereocenters. The number of nitrogens with one attached hydrogen (secondary N) is 2. The first-order valence-corrected chi connectivity index (χ1v) is 5.93. The van der Waals surface area contributed by atoms with Crippen LogP contribution < -0.4 is 5.32 Å². The number of furan rings is 1. The van der Waals surface area contributed by atoms with Gasteiger partial charge in [-0.2, -0.15) is 5.21 Å². The van der Waals surface area contributed by atoms with Crippen LogP contribution in [0.5, 0.6) is 0 Å². The number of anilines is 1. The highest BCUT2D eigenvalue weighted by Crippen LogP contribution is 2.19. The van der Waals surface area contributed by atoms with Gasteiger partial charge in [-0.15, -0.1) is 10.2 Å². The summed E-state index contributed by atoms with van der Waals surface area (Å²) >= 11 is 0. The molecule has 0 bridgehead atoms. The molecule has 3 aromatic rings. The van der Waals surface area contributed by atoms with E-state index >= 15 is 0 Å². The van der Waals surface area contributed by atoms with E-state index in [0.29, 0.717) is 22.8 Å². The Morgan fingerprint density at radius 1 is 1.35 bits per heavy atom. The van der Waals surface area contributed by atoms with Crippen LogP contribution in [0.2, 0.25) is 0 Å². The van der Waals surface area contributed by atoms with Crippen LogP contribution in [0.3, 0.4) is 0 Å². The van der Waals surface area contributed by atoms with E-state index in [1.54, 1.807) is 25.1 Å². The maximum atomic E-state index is 12.1. The fraction of sp³-hybridized carbons (Fsp3) is 0.0769. The fourth-order valence-electron chi connectivity index (χ4n) is 1.84. The van der Waals surface area contributed by atoms with Crippen molar-refractivity contribution >= 4 is 11.6 Å². The lowest BCUT2D eigenvalue weighted by molar-refractivity contribution is 0.102. The Morgan fingerprint density at radius 3 is 2.95 bits per heavy atom. The first kappa shape index (κ1) is 12.1. The minimum atomic E-state index is -0.221. The number of H-pyrrole nitrogens is 1. The number of aromatic nitrogens is 4. The molecule has 20 heavy (non-hydrogen) atoms. The molecule has 0 fully saturated rings. The first-order valence-electron chi connectivity index (χ1n) is 5.93. The van der Waals surface area contributed by atoms with Gasteiger partial charge in [-0.3, -0.25) is 4.79 Å². The summed E-state index contributed by atoms with van der Waals surface area (Å²) in [4.78, 5) is 12.1. The maximum absolute atomic E-state index is 12.1. The van der Waals surface area contributed by atoms with E-state index < -0.39 is 0 Å². The van der Waals surface area contributed by atoms with Gasteiger partial charge in [0.2, 0.25) is 5.82 Å². The van der Waals surface area contributed by atoms with E-state index in [9.17, 15) is 4.79 Å². The largest absolute Gasteiger partial charge is 0.469 e. The molecule has 1 amide bonds. The zero-order chi connectivity index (χ0) is 13.9. The third-order valence-electron chi connectivity index (χ3n) is 2.83. The maximum Gasteiger partial charge on any atom is 0.259 e. The van der Waals surface area contributed by atoms with Crippen molar-refractivity contribution in [1.29, 1.82) is 0 Å². The Morgan fingerprint density at radius 2 is 2.25 bits per heavy atom. The van der Waals surface area contributed by atoms with Gasteiger partial charge in [-0.1, -0.05) is 12.1 Å². The molecule has 0 aliphatic heterocycles. The number of carbonyl (C=O) groups is 1. The number of hydrogen-bond donors (Lipinski definition) is 2. The van der Waals surface area contributed by atoms with Crippen LogP contribution in [0.1, 0.15) is 16.1 Å². The van der Waals surface area contributed by atoms with Crippen LogP contribution in [0.25, 0.3) is 11.4 Å². The van der Waals surface area contributed by atoms with Gasteiger partial charge >= 0.3 is 0 Å². The normalized spacial score (nSPS) is 10.4. The van der Waals surface area contributed by atoms with Crippen molar-refractivity contribution in [3.8, 4) is 11.4 Å². The topological polar surface area (TPSA) is 96.7 Å². The number of amides is 1. The third kappa shape index (κ3) is 2.28. The van der Waals surface area contributed by atoms with E-state index in [1.165, 1.54) is 6.26 Å². The average Bonchev–Trinajstić information content (AvgIpc) is 3.09. The van der Waals surface area contributed by atoms with E-state index in [4.69, 9.17) is 4.42 Å². The van der Waals surface area contributed by atoms with Crippen LogP contribution in [0.15, 0.2) is 41.0 Å². The molecule has 2 heterocycles. The van der Waals surface area contributed by atoms with Gasteiger partial charge in [0.05, 0.1) is 11.8 Å². The van der Waals surface area contributed by atoms with Crippen molar-refractivity contribution in [2.45, 2.75) is 6.92 Å². The van der Waals surface area contributed by atoms with E-state index in [2.05, 4.69) is 25.9 Å². The summed E-state index contributed by atoms with van der Waals surface area (Å²) < 4.78 is 5.11. The van der Waals surface area contributed by atoms with Gasteiger partial charge in [-0.25, -0.2) is 0 Å². The van der Waals surface area contributed by atoms with Crippen molar-refractivity contribution in [3.63, 3.8) is 0 Å². The van der Waals surface area contributed by atoms with Crippen LogP contribution in [-0.2, 0) is 0 Å². The molecule has 7 nitrogen and oxygen atoms in total. The molecule has 7 heteroatoms. The van der Waals surface area contributed by atoms with Crippen LogP contribution in [0.4, 0.5) is 5.69 Å². The second-order valence-electron chi connectivity index (χ2n) is 4.16. The molecule has 1 aromatic carbocycles. The highest BCUT2D eigenvalue weighted by Gasteiger charge is 2.12. The molecule has 0 aliphatic carbocycles. The highest BCUT2D eigenvalue weighted by molar-refractivity contribution is 6.05. The number of aryl methyl sites for hydroxylation is 1. The molecule has 2 N–H and O–H groups in total. The number of aromatic amines is 1. The lowest BCUT2D eigenvalue weighted by Crippen LogP contribution is -2.12. The number of rotatable bonds is 3. The van der Waals surface area contributed by atoms with E-state index in [0.717, 1.165) is 5.56 Å². The Labute approximate surface area is 114 Å². The van der Waals surface area contributed by atoms with Crippen molar-refractivity contribution < 1.29 is 9.21 Å². The molecule has 0 radical (unpaired) electrons. The van der Waals surface area contributed by atoms with Gasteiger partial charge in [0.25, 0.3) is 5.91 Å². The molecule has 0 saturated heterocycles. The molecule has 2 aromatic heterocycles. The molecule has 0 saturated carbocycles. The van der Waals surface area contributed by atoms with Crippen molar-refractivity contribution in [2.24, 2.45) is 0 Å². The van der Waals surface area contributed by atoms with E-state index in [1.807, 2.05) is 12.1 Å². The Kier molecular flexibility index (Phi) is 3.00. The second-order valence-corrected chi connectivity index (χ2v) is 4.16. The first-order chi connectivity index (χ1) is 9.74. The van der Waals surface area contributed by atoms with Gasteiger partial charge in [0, 0.05) is 11.3 Å². The lowest BCUT2D eigenvalue weighted by atomic mass is 10.2. The molecule has 0 aliphatic rings. The third-order valence-corrected chi connectivity index (χ3v) is 2.83. The Bertz CT molecular complexity index is 733. The summed E-state index contributed by atoms with van der Waals surface area (Å²) in [6.45, 7) is 1.74. The Balaban J connectivity index is 1.83. The fourth-order valence-corrected chi connectivity index (χ4v) is 1.84. The van der Waals surface area contributed by atoms with Crippen molar-refractivity contribution in [2.75, 3.05) is 5.32 Å². The predicted octanol–water partition coefficient (Wildman–Crippen LogP) is 2.02. The van der Waals surface area contributed by atoms with Gasteiger partial charge in [0.15, 0.2) is 0 Å². The average molecular weight is 269 g/mol. The number of hydrogen-bond acceptors (Lipinski definition) is 5. The zero-order valence-electron chi connectivity index (χ0n) is 10.6. The minimum absolute atomic E-state index is 0.221. The molecular formula is C13H11N5O2. The summed E-state index contributed by atoms with van der Waals surface area (Å²) in [7, 11) is 0. The van der Waals surface area contributed by atoms with Crippen molar-refractivity contribution in [3.05, 3.63) is 47.9 Å². The van der Waals surface area contributed by atoms with E-state index in [-0.39, 0.29) is 5.91 Å². The Hall–Kier alpha value is -2.96. The zero-order valence-corrected chi connectivity index (χ0v) is 10.6. The predicted molar refractivity (Wildman–Crippen MR) is 71.0 cm³/mol. The second kappa shape index (κ2) is 4.96. The number of carbonyl (C=O) groups excluding carboxylic acids is 1. The summed E-state index contributed by atoms with van der Waals surface area (Å²) in [5.74, 6) is 0.832. The number of benzene rings is 1. The van der Waals surface area contributed by atoms with Gasteiger partial charge in [0.1, 0.15) is 5.76 Å². The smallest absolute Gasteiger partial charge is 0.259 e. The SMILES string of the molecule is Cc1occc1C(=O)Nc1cccc(-c2nn[nH]n2)c1. The van der Waals surface area contributed by atoms with Crippen LogP contribution in [0, 0.1) is 6.92 Å². The molecule has 3 rings (SSSR count). The summed E-state index contributed by atoms with van der Waals surface area (Å²) in [6.07, 6.45) is 1.49. The van der Waals surface area contributed by atoms with Gasteiger partial charge in [-0.05, 0) is 30.3 Å². The lowest BCUT2D eigenvalue weighted by Gasteiger charge is -2.05. The van der Waals surface area contributed by atoms with Gasteiger partial charge < -0.3 is 9.73 Å². The number of nitrogens with zero attached hydrogens (tertiary/aromatic N) is 3. The van der Waals surface area contributed by atoms with Crippen LogP contribution in [-0.4, -0.2) is 26.5 Å². The van der Waals surface area contributed by atoms with Crippen LogP contribution >= 0.6 is 0 Å². The standard InChI is InChI=1S/C13H11N5O2/c1-8-11(5-6-20-8)13(19)14-10-4-2-3-9(7-10)12-15-17-18-16-12/h2-7H,1H3,(H,14,19)(H,15,16,17,18). The summed E-state index contributed by atoms with van der Waals surface area (Å²) in [6, 6.07) is 8.84. The minimum Gasteiger partial charge on any atom is -0.469 e. The molecule has 0 atom stereocenters. The van der Waals surface area contributed by atoms with Crippen molar-refractivity contribution in [1.82, 2.24) is 20.6 Å². The quantitative estimate of drug-likeness (QED) is 0.758. The summed E-state index contributed by atoms with van der Waals surface area (Å²) in [5.41, 5.74) is 1.92. The number of tetrazole rings is 1. The highest BCUT2D eigenvalue weighted by atomic mass is 16.3. The molecular weight excluding hydrogens is 258 g/mol. The summed E-state index contributed by atoms with van der Waals surface area (Å²) in [5, 5.41) is 16.5. The molecule has 0 spiro atoms. The molecule has 100 valence electrons.